The van der Waals surface area contributed by atoms with E-state index in [4.69, 9.17) is 0 Å². The van der Waals surface area contributed by atoms with Gasteiger partial charge in [0.2, 0.25) is 0 Å². The first-order valence-corrected chi connectivity index (χ1v) is 4.92. The summed E-state index contributed by atoms with van der Waals surface area (Å²) in [6, 6.07) is 4.28. The van der Waals surface area contributed by atoms with Crippen LogP contribution < -0.4 is 10.1 Å². The first-order chi connectivity index (χ1) is 7.54. The summed E-state index contributed by atoms with van der Waals surface area (Å²) in [5, 5.41) is 2.95. The molecule has 0 radical (unpaired) electrons. The van der Waals surface area contributed by atoms with Crippen molar-refractivity contribution in [2.24, 2.45) is 0 Å². The van der Waals surface area contributed by atoms with Gasteiger partial charge in [-0.15, -0.1) is 0 Å². The average molecular weight is 233 g/mol. The van der Waals surface area contributed by atoms with Gasteiger partial charge in [0.05, 0.1) is 0 Å². The lowest BCUT2D eigenvalue weighted by Gasteiger charge is -2.12. The third-order valence-electron chi connectivity index (χ3n) is 2.25. The van der Waals surface area contributed by atoms with Gasteiger partial charge in [-0.25, -0.2) is 13.2 Å². The number of ether oxygens (including phenoxy) is 1. The van der Waals surface area contributed by atoms with Crippen molar-refractivity contribution in [3.8, 4) is 5.75 Å². The van der Waals surface area contributed by atoms with Crippen LogP contribution in [0.1, 0.15) is 18.5 Å². The minimum Gasteiger partial charge on any atom is -0.485 e. The Morgan fingerprint density at radius 1 is 1.38 bits per heavy atom. The fourth-order valence-corrected chi connectivity index (χ4v) is 1.22. The Labute approximate surface area is 92.4 Å². The van der Waals surface area contributed by atoms with Gasteiger partial charge in [-0.1, -0.05) is 6.07 Å². The number of nitrogens with one attached hydrogen (secondary N) is 1. The lowest BCUT2D eigenvalue weighted by Crippen LogP contribution is -2.13. The van der Waals surface area contributed by atoms with Crippen LogP contribution in [0.5, 0.6) is 5.75 Å². The zero-order valence-corrected chi connectivity index (χ0v) is 9.14. The zero-order chi connectivity index (χ0) is 12.1. The lowest BCUT2D eigenvalue weighted by atomic mass is 10.1. The minimum atomic E-state index is -2.60. The van der Waals surface area contributed by atoms with Crippen LogP contribution in [0.15, 0.2) is 18.2 Å². The Bertz CT molecular complexity index is 344. The Morgan fingerprint density at radius 2 is 2.06 bits per heavy atom. The Balaban J connectivity index is 2.75. The van der Waals surface area contributed by atoms with Gasteiger partial charge in [0.15, 0.2) is 11.6 Å². The molecule has 0 aliphatic carbocycles. The number of alkyl halides is 2. The molecule has 1 atom stereocenters. The topological polar surface area (TPSA) is 21.3 Å². The number of hydrogen-bond donors (Lipinski definition) is 1. The quantitative estimate of drug-likeness (QED) is 0.844. The highest BCUT2D eigenvalue weighted by Gasteiger charge is 2.10. The van der Waals surface area contributed by atoms with Gasteiger partial charge in [-0.2, -0.15) is 0 Å². The maximum absolute atomic E-state index is 13.4. The summed E-state index contributed by atoms with van der Waals surface area (Å²) >= 11 is 0. The van der Waals surface area contributed by atoms with Crippen LogP contribution >= 0.6 is 0 Å². The summed E-state index contributed by atoms with van der Waals surface area (Å²) < 4.78 is 41.7. The molecule has 0 saturated carbocycles. The van der Waals surface area contributed by atoms with Crippen molar-refractivity contribution in [1.82, 2.24) is 5.32 Å². The van der Waals surface area contributed by atoms with Gasteiger partial charge in [0.1, 0.15) is 6.61 Å². The van der Waals surface area contributed by atoms with Crippen LogP contribution in [0.2, 0.25) is 0 Å². The second-order valence-electron chi connectivity index (χ2n) is 3.40. The summed E-state index contributed by atoms with van der Waals surface area (Å²) in [6.07, 6.45) is -2.60. The van der Waals surface area contributed by atoms with Crippen molar-refractivity contribution < 1.29 is 17.9 Å². The predicted octanol–water partition coefficient (Wildman–Crippen LogP) is 2.75. The van der Waals surface area contributed by atoms with E-state index in [1.54, 1.807) is 13.1 Å². The summed E-state index contributed by atoms with van der Waals surface area (Å²) in [4.78, 5) is 0. The molecule has 1 rings (SSSR count). The van der Waals surface area contributed by atoms with Gasteiger partial charge < -0.3 is 10.1 Å². The van der Waals surface area contributed by atoms with E-state index in [0.717, 1.165) is 5.56 Å². The summed E-state index contributed by atoms with van der Waals surface area (Å²) in [5.41, 5.74) is 0.740. The second kappa shape index (κ2) is 5.75. The van der Waals surface area contributed by atoms with E-state index < -0.39 is 18.8 Å². The molecule has 0 saturated heterocycles. The first-order valence-electron chi connectivity index (χ1n) is 4.92. The number of halogens is 3. The van der Waals surface area contributed by atoms with E-state index in [1.807, 2.05) is 6.92 Å². The molecule has 2 nitrogen and oxygen atoms in total. The lowest BCUT2D eigenvalue weighted by molar-refractivity contribution is 0.0799. The van der Waals surface area contributed by atoms with Crippen LogP contribution in [0.25, 0.3) is 0 Å². The SMILES string of the molecule is CNC(C)c1ccc(OCC(F)F)c(F)c1. The smallest absolute Gasteiger partial charge is 0.272 e. The molecule has 90 valence electrons. The third kappa shape index (κ3) is 3.41. The average Bonchev–Trinajstić information content (AvgIpc) is 2.26. The molecule has 0 aliphatic heterocycles. The molecule has 1 N–H and O–H groups in total. The fourth-order valence-electron chi connectivity index (χ4n) is 1.22. The molecule has 0 aliphatic rings. The van der Waals surface area contributed by atoms with Gasteiger partial charge in [0.25, 0.3) is 6.43 Å². The molecular weight excluding hydrogens is 219 g/mol. The first kappa shape index (κ1) is 12.8. The van der Waals surface area contributed by atoms with Crippen molar-refractivity contribution in [2.45, 2.75) is 19.4 Å². The second-order valence-corrected chi connectivity index (χ2v) is 3.40. The van der Waals surface area contributed by atoms with Gasteiger partial charge in [-0.3, -0.25) is 0 Å². The van der Waals surface area contributed by atoms with E-state index in [1.165, 1.54) is 12.1 Å². The largest absolute Gasteiger partial charge is 0.485 e. The molecule has 1 unspecified atom stereocenters. The van der Waals surface area contributed by atoms with Crippen molar-refractivity contribution in [2.75, 3.05) is 13.7 Å². The van der Waals surface area contributed by atoms with Crippen LogP contribution in [0.3, 0.4) is 0 Å². The molecule has 0 bridgehead atoms. The Kier molecular flexibility index (Phi) is 4.61. The number of hydrogen-bond acceptors (Lipinski definition) is 2. The summed E-state index contributed by atoms with van der Waals surface area (Å²) in [5.74, 6) is -0.771. The molecule has 0 amide bonds. The zero-order valence-electron chi connectivity index (χ0n) is 9.14. The monoisotopic (exact) mass is 233 g/mol. The number of benzene rings is 1. The van der Waals surface area contributed by atoms with Crippen LogP contribution in [0.4, 0.5) is 13.2 Å². The Hall–Kier alpha value is -1.23. The molecule has 5 heteroatoms. The summed E-state index contributed by atoms with van der Waals surface area (Å²) in [7, 11) is 1.75. The van der Waals surface area contributed by atoms with E-state index in [-0.39, 0.29) is 11.8 Å². The molecule has 0 heterocycles. The predicted molar refractivity (Wildman–Crippen MR) is 55.4 cm³/mol. The van der Waals surface area contributed by atoms with Crippen molar-refractivity contribution in [3.63, 3.8) is 0 Å². The highest BCUT2D eigenvalue weighted by Crippen LogP contribution is 2.22. The van der Waals surface area contributed by atoms with E-state index in [9.17, 15) is 13.2 Å². The van der Waals surface area contributed by atoms with Gasteiger partial charge >= 0.3 is 0 Å². The van der Waals surface area contributed by atoms with Crippen LogP contribution in [0, 0.1) is 5.82 Å². The molecule has 0 fully saturated rings. The molecule has 1 aromatic carbocycles. The van der Waals surface area contributed by atoms with Gasteiger partial charge in [-0.05, 0) is 31.7 Å². The van der Waals surface area contributed by atoms with Crippen LogP contribution in [-0.2, 0) is 0 Å². The molecule has 16 heavy (non-hydrogen) atoms. The van der Waals surface area contributed by atoms with E-state index in [2.05, 4.69) is 10.1 Å². The maximum atomic E-state index is 13.4. The number of rotatable bonds is 5. The van der Waals surface area contributed by atoms with Crippen LogP contribution in [-0.4, -0.2) is 20.1 Å². The molecular formula is C11H14F3NO. The van der Waals surface area contributed by atoms with E-state index >= 15 is 0 Å². The summed E-state index contributed by atoms with van der Waals surface area (Å²) in [6.45, 7) is 1.08. The Morgan fingerprint density at radius 3 is 2.56 bits per heavy atom. The highest BCUT2D eigenvalue weighted by atomic mass is 19.3. The highest BCUT2D eigenvalue weighted by molar-refractivity contribution is 5.30. The van der Waals surface area contributed by atoms with Crippen molar-refractivity contribution in [1.29, 1.82) is 0 Å². The fraction of sp³-hybridized carbons (Fsp3) is 0.455. The van der Waals surface area contributed by atoms with Crippen molar-refractivity contribution >= 4 is 0 Å². The molecule has 0 aromatic heterocycles. The van der Waals surface area contributed by atoms with E-state index in [0.29, 0.717) is 0 Å². The molecule has 1 aromatic rings. The minimum absolute atomic E-state index is 0.00125. The standard InChI is InChI=1S/C11H14F3NO/c1-7(15-2)8-3-4-10(9(12)5-8)16-6-11(13)14/h3-5,7,11,15H,6H2,1-2H3. The maximum Gasteiger partial charge on any atom is 0.272 e. The van der Waals surface area contributed by atoms with Gasteiger partial charge in [0, 0.05) is 6.04 Å². The molecule has 0 spiro atoms. The normalized spacial score (nSPS) is 12.9. The third-order valence-corrected chi connectivity index (χ3v) is 2.25. The van der Waals surface area contributed by atoms with Crippen molar-refractivity contribution in [3.05, 3.63) is 29.6 Å².